The van der Waals surface area contributed by atoms with Gasteiger partial charge in [-0.25, -0.2) is 4.79 Å². The third kappa shape index (κ3) is 3.75. The molecular formula is C13H16Cl2N2O2. The van der Waals surface area contributed by atoms with Gasteiger partial charge in [0.25, 0.3) is 0 Å². The Labute approximate surface area is 122 Å². The van der Waals surface area contributed by atoms with Crippen LogP contribution in [0.4, 0.5) is 10.5 Å². The number of anilines is 1. The fourth-order valence-electron chi connectivity index (χ4n) is 1.98. The summed E-state index contributed by atoms with van der Waals surface area (Å²) < 4.78 is 5.37. The minimum Gasteiger partial charge on any atom is -0.380 e. The molecule has 0 aromatic heterocycles. The molecule has 1 aliphatic rings. The number of nitrogens with zero attached hydrogens (tertiary/aromatic N) is 1. The van der Waals surface area contributed by atoms with Gasteiger partial charge in [0.1, 0.15) is 0 Å². The van der Waals surface area contributed by atoms with Crippen molar-refractivity contribution in [3.8, 4) is 0 Å². The van der Waals surface area contributed by atoms with E-state index in [1.54, 1.807) is 23.1 Å². The van der Waals surface area contributed by atoms with Gasteiger partial charge in [-0.1, -0.05) is 23.2 Å². The van der Waals surface area contributed by atoms with Crippen LogP contribution in [0, 0.1) is 0 Å². The van der Waals surface area contributed by atoms with E-state index in [1.807, 2.05) is 6.92 Å². The zero-order chi connectivity index (χ0) is 13.8. The Morgan fingerprint density at radius 2 is 2.21 bits per heavy atom. The van der Waals surface area contributed by atoms with Crippen LogP contribution in [-0.4, -0.2) is 36.7 Å². The van der Waals surface area contributed by atoms with E-state index in [-0.39, 0.29) is 12.1 Å². The highest BCUT2D eigenvalue weighted by Gasteiger charge is 2.22. The summed E-state index contributed by atoms with van der Waals surface area (Å²) in [5.41, 5.74) is 0.525. The molecule has 104 valence electrons. The van der Waals surface area contributed by atoms with Gasteiger partial charge in [0, 0.05) is 24.2 Å². The molecule has 0 bridgehead atoms. The van der Waals surface area contributed by atoms with E-state index in [0.29, 0.717) is 35.5 Å². The maximum atomic E-state index is 12.3. The predicted octanol–water partition coefficient (Wildman–Crippen LogP) is 3.64. The number of rotatable bonds is 1. The minimum absolute atomic E-state index is 0.139. The first-order valence-corrected chi connectivity index (χ1v) is 6.94. The highest BCUT2D eigenvalue weighted by molar-refractivity contribution is 6.35. The van der Waals surface area contributed by atoms with Gasteiger partial charge in [0.05, 0.1) is 17.3 Å². The molecule has 1 N–H and O–H groups in total. The maximum absolute atomic E-state index is 12.3. The average molecular weight is 303 g/mol. The third-order valence-electron chi connectivity index (χ3n) is 3.12. The summed E-state index contributed by atoms with van der Waals surface area (Å²) in [6, 6.07) is 4.94. The predicted molar refractivity (Wildman–Crippen MR) is 77.1 cm³/mol. The van der Waals surface area contributed by atoms with E-state index in [4.69, 9.17) is 27.9 Å². The second kappa shape index (κ2) is 6.46. The molecule has 0 aliphatic carbocycles. The van der Waals surface area contributed by atoms with Crippen LogP contribution in [0.1, 0.15) is 13.3 Å². The van der Waals surface area contributed by atoms with Crippen molar-refractivity contribution in [2.45, 2.75) is 19.4 Å². The molecule has 1 aromatic rings. The SMILES string of the molecule is C[C@H]1CCOCCN1C(=O)Nc1cc(Cl)ccc1Cl. The largest absolute Gasteiger partial charge is 0.380 e. The van der Waals surface area contributed by atoms with Crippen molar-refractivity contribution in [3.63, 3.8) is 0 Å². The van der Waals surface area contributed by atoms with Crippen molar-refractivity contribution in [2.24, 2.45) is 0 Å². The van der Waals surface area contributed by atoms with E-state index in [9.17, 15) is 4.79 Å². The first-order valence-electron chi connectivity index (χ1n) is 6.18. The molecule has 1 heterocycles. The highest BCUT2D eigenvalue weighted by atomic mass is 35.5. The standard InChI is InChI=1S/C13H16Cl2N2O2/c1-9-4-6-19-7-5-17(9)13(18)16-12-8-10(14)2-3-11(12)15/h2-3,8-9H,4-7H2,1H3,(H,16,18)/t9-/m0/s1. The first kappa shape index (κ1) is 14.4. The van der Waals surface area contributed by atoms with E-state index in [0.717, 1.165) is 6.42 Å². The maximum Gasteiger partial charge on any atom is 0.322 e. The fourth-order valence-corrected chi connectivity index (χ4v) is 2.31. The number of hydrogen-bond acceptors (Lipinski definition) is 2. The summed E-state index contributed by atoms with van der Waals surface area (Å²) in [5.74, 6) is 0. The lowest BCUT2D eigenvalue weighted by molar-refractivity contribution is 0.143. The molecule has 6 heteroatoms. The number of urea groups is 1. The second-order valence-electron chi connectivity index (χ2n) is 4.50. The number of carbonyl (C=O) groups is 1. The summed E-state index contributed by atoms with van der Waals surface area (Å²) in [6.07, 6.45) is 0.830. The van der Waals surface area contributed by atoms with E-state index in [1.165, 1.54) is 0 Å². The number of ether oxygens (including phenoxy) is 1. The second-order valence-corrected chi connectivity index (χ2v) is 5.34. The number of nitrogens with one attached hydrogen (secondary N) is 1. The van der Waals surface area contributed by atoms with Crippen molar-refractivity contribution >= 4 is 34.9 Å². The van der Waals surface area contributed by atoms with Crippen LogP contribution in [-0.2, 0) is 4.74 Å². The van der Waals surface area contributed by atoms with Gasteiger partial charge in [-0.15, -0.1) is 0 Å². The molecule has 0 saturated carbocycles. The quantitative estimate of drug-likeness (QED) is 0.860. The summed E-state index contributed by atoms with van der Waals surface area (Å²) in [6.45, 7) is 3.82. The van der Waals surface area contributed by atoms with Gasteiger partial charge < -0.3 is 15.0 Å². The molecule has 19 heavy (non-hydrogen) atoms. The monoisotopic (exact) mass is 302 g/mol. The van der Waals surface area contributed by atoms with Gasteiger partial charge in [0.2, 0.25) is 0 Å². The van der Waals surface area contributed by atoms with Crippen LogP contribution in [0.25, 0.3) is 0 Å². The number of halogens is 2. The normalized spacial score (nSPS) is 19.9. The lowest BCUT2D eigenvalue weighted by Crippen LogP contribution is -2.42. The molecule has 2 rings (SSSR count). The number of benzene rings is 1. The zero-order valence-electron chi connectivity index (χ0n) is 10.7. The molecular weight excluding hydrogens is 287 g/mol. The van der Waals surface area contributed by atoms with E-state index >= 15 is 0 Å². The van der Waals surface area contributed by atoms with Crippen molar-refractivity contribution in [2.75, 3.05) is 25.1 Å². The smallest absolute Gasteiger partial charge is 0.322 e. The lowest BCUT2D eigenvalue weighted by atomic mass is 10.2. The van der Waals surface area contributed by atoms with Crippen LogP contribution in [0.2, 0.25) is 10.0 Å². The lowest BCUT2D eigenvalue weighted by Gasteiger charge is -2.26. The van der Waals surface area contributed by atoms with Crippen LogP contribution in [0.3, 0.4) is 0 Å². The van der Waals surface area contributed by atoms with Crippen LogP contribution in [0.5, 0.6) is 0 Å². The molecule has 0 radical (unpaired) electrons. The van der Waals surface area contributed by atoms with Gasteiger partial charge >= 0.3 is 6.03 Å². The molecule has 1 aliphatic heterocycles. The third-order valence-corrected chi connectivity index (χ3v) is 3.68. The minimum atomic E-state index is -0.179. The van der Waals surface area contributed by atoms with Crippen LogP contribution < -0.4 is 5.32 Å². The Morgan fingerprint density at radius 3 is 3.00 bits per heavy atom. The molecule has 2 amide bonds. The Hall–Kier alpha value is -0.970. The van der Waals surface area contributed by atoms with Gasteiger partial charge in [-0.2, -0.15) is 0 Å². The van der Waals surface area contributed by atoms with Crippen molar-refractivity contribution in [1.29, 1.82) is 0 Å². The van der Waals surface area contributed by atoms with E-state index < -0.39 is 0 Å². The van der Waals surface area contributed by atoms with Gasteiger partial charge in [-0.3, -0.25) is 0 Å². The number of hydrogen-bond donors (Lipinski definition) is 1. The highest BCUT2D eigenvalue weighted by Crippen LogP contribution is 2.26. The van der Waals surface area contributed by atoms with Crippen LogP contribution >= 0.6 is 23.2 Å². The Balaban J connectivity index is 2.09. The summed E-state index contributed by atoms with van der Waals surface area (Å²) in [4.78, 5) is 14.0. The first-order chi connectivity index (χ1) is 9.08. The van der Waals surface area contributed by atoms with Gasteiger partial charge in [-0.05, 0) is 31.5 Å². The van der Waals surface area contributed by atoms with Crippen molar-refractivity contribution < 1.29 is 9.53 Å². The number of carbonyl (C=O) groups excluding carboxylic acids is 1. The Morgan fingerprint density at radius 1 is 1.42 bits per heavy atom. The molecule has 0 spiro atoms. The van der Waals surface area contributed by atoms with Crippen molar-refractivity contribution in [3.05, 3.63) is 28.2 Å². The number of amides is 2. The fraction of sp³-hybridized carbons (Fsp3) is 0.462. The molecule has 4 nitrogen and oxygen atoms in total. The summed E-state index contributed by atoms with van der Waals surface area (Å²) in [7, 11) is 0. The van der Waals surface area contributed by atoms with Gasteiger partial charge in [0.15, 0.2) is 0 Å². The topological polar surface area (TPSA) is 41.6 Å². The van der Waals surface area contributed by atoms with Crippen LogP contribution in [0.15, 0.2) is 18.2 Å². The molecule has 1 atom stereocenters. The summed E-state index contributed by atoms with van der Waals surface area (Å²) in [5, 5.41) is 3.80. The van der Waals surface area contributed by atoms with Crippen molar-refractivity contribution in [1.82, 2.24) is 4.90 Å². The van der Waals surface area contributed by atoms with E-state index in [2.05, 4.69) is 5.32 Å². The molecule has 1 saturated heterocycles. The Kier molecular flexibility index (Phi) is 4.91. The average Bonchev–Trinajstić information content (AvgIpc) is 2.58. The Bertz CT molecular complexity index is 468. The zero-order valence-corrected chi connectivity index (χ0v) is 12.2. The molecule has 1 fully saturated rings. The molecule has 0 unspecified atom stereocenters. The summed E-state index contributed by atoms with van der Waals surface area (Å²) >= 11 is 11.9. The molecule has 1 aromatic carbocycles.